The summed E-state index contributed by atoms with van der Waals surface area (Å²) >= 11 is 0. The second-order valence-electron chi connectivity index (χ2n) is 6.96. The van der Waals surface area contributed by atoms with Gasteiger partial charge < -0.3 is 5.73 Å². The first kappa shape index (κ1) is 15.0. The van der Waals surface area contributed by atoms with Gasteiger partial charge in [-0.1, -0.05) is 19.8 Å². The Bertz CT molecular complexity index is 449. The van der Waals surface area contributed by atoms with E-state index in [1.165, 1.54) is 50.6 Å². The molecule has 3 atom stereocenters. The molecule has 4 heteroatoms. The molecule has 1 saturated heterocycles. The molecule has 2 heterocycles. The molecule has 2 fully saturated rings. The van der Waals surface area contributed by atoms with Crippen molar-refractivity contribution in [1.29, 1.82) is 0 Å². The molecule has 1 aliphatic heterocycles. The van der Waals surface area contributed by atoms with Crippen LogP contribution in [-0.4, -0.2) is 33.3 Å². The molecule has 21 heavy (non-hydrogen) atoms. The number of likely N-dealkylation sites (tertiary alicyclic amines) is 1. The van der Waals surface area contributed by atoms with E-state index in [1.54, 1.807) is 0 Å². The molecule has 1 aromatic heterocycles. The Morgan fingerprint density at radius 1 is 1.29 bits per heavy atom. The van der Waals surface area contributed by atoms with E-state index in [1.807, 2.05) is 17.9 Å². The SMILES string of the molecule is CCC(N)C(c1cnn(C)c1)N1CCCC1C1CCCC1. The van der Waals surface area contributed by atoms with Gasteiger partial charge in [0.25, 0.3) is 0 Å². The summed E-state index contributed by atoms with van der Waals surface area (Å²) in [7, 11) is 2.00. The number of nitrogens with zero attached hydrogens (tertiary/aromatic N) is 3. The standard InChI is InChI=1S/C17H30N4/c1-3-15(18)17(14-11-19-20(2)12-14)21-10-6-9-16(21)13-7-4-5-8-13/h11-13,15-17H,3-10,18H2,1-2H3. The van der Waals surface area contributed by atoms with Crippen LogP contribution in [0.15, 0.2) is 12.4 Å². The minimum atomic E-state index is 0.205. The lowest BCUT2D eigenvalue weighted by molar-refractivity contribution is 0.115. The quantitative estimate of drug-likeness (QED) is 0.907. The fourth-order valence-electron chi connectivity index (χ4n) is 4.51. The van der Waals surface area contributed by atoms with Crippen LogP contribution >= 0.6 is 0 Å². The molecule has 2 aliphatic rings. The van der Waals surface area contributed by atoms with Crippen molar-refractivity contribution in [2.75, 3.05) is 6.54 Å². The van der Waals surface area contributed by atoms with Crippen LogP contribution in [0.25, 0.3) is 0 Å². The van der Waals surface area contributed by atoms with Crippen LogP contribution in [0.4, 0.5) is 0 Å². The molecule has 2 N–H and O–H groups in total. The zero-order valence-electron chi connectivity index (χ0n) is 13.5. The van der Waals surface area contributed by atoms with Crippen molar-refractivity contribution in [3.05, 3.63) is 18.0 Å². The number of hydrogen-bond acceptors (Lipinski definition) is 3. The van der Waals surface area contributed by atoms with Crippen molar-refractivity contribution < 1.29 is 0 Å². The van der Waals surface area contributed by atoms with E-state index in [9.17, 15) is 0 Å². The Balaban J connectivity index is 1.84. The van der Waals surface area contributed by atoms with Gasteiger partial charge in [-0.05, 0) is 44.6 Å². The Kier molecular flexibility index (Phi) is 4.65. The Morgan fingerprint density at radius 3 is 2.67 bits per heavy atom. The number of aryl methyl sites for hydroxylation is 1. The average molecular weight is 290 g/mol. The molecule has 0 bridgehead atoms. The molecule has 3 rings (SSSR count). The van der Waals surface area contributed by atoms with Gasteiger partial charge in [0, 0.05) is 30.9 Å². The highest BCUT2D eigenvalue weighted by Gasteiger charge is 2.39. The van der Waals surface area contributed by atoms with E-state index in [-0.39, 0.29) is 6.04 Å². The summed E-state index contributed by atoms with van der Waals surface area (Å²) in [5.41, 5.74) is 7.82. The fraction of sp³-hybridized carbons (Fsp3) is 0.824. The van der Waals surface area contributed by atoms with Crippen LogP contribution < -0.4 is 5.73 Å². The number of nitrogens with two attached hydrogens (primary N) is 1. The van der Waals surface area contributed by atoms with E-state index in [4.69, 9.17) is 5.73 Å². The lowest BCUT2D eigenvalue weighted by atomic mass is 9.92. The molecule has 0 radical (unpaired) electrons. The summed E-state index contributed by atoms with van der Waals surface area (Å²) in [6.45, 7) is 3.41. The zero-order chi connectivity index (χ0) is 14.8. The third-order valence-corrected chi connectivity index (χ3v) is 5.59. The summed E-state index contributed by atoms with van der Waals surface area (Å²) in [6, 6.07) is 1.29. The molecule has 4 nitrogen and oxygen atoms in total. The molecule has 0 amide bonds. The first-order valence-electron chi connectivity index (χ1n) is 8.70. The minimum absolute atomic E-state index is 0.205. The van der Waals surface area contributed by atoms with Crippen LogP contribution in [0.1, 0.15) is 63.5 Å². The summed E-state index contributed by atoms with van der Waals surface area (Å²) in [5.74, 6) is 0.899. The van der Waals surface area contributed by atoms with Gasteiger partial charge in [-0.25, -0.2) is 0 Å². The largest absolute Gasteiger partial charge is 0.326 e. The van der Waals surface area contributed by atoms with Crippen LogP contribution in [0.2, 0.25) is 0 Å². The fourth-order valence-corrected chi connectivity index (χ4v) is 4.51. The number of aromatic nitrogens is 2. The number of hydrogen-bond donors (Lipinski definition) is 1. The lowest BCUT2D eigenvalue weighted by Gasteiger charge is -2.38. The highest BCUT2D eigenvalue weighted by atomic mass is 15.3. The predicted molar refractivity (Wildman–Crippen MR) is 85.9 cm³/mol. The normalized spacial score (nSPS) is 27.3. The maximum absolute atomic E-state index is 6.52. The second-order valence-corrected chi connectivity index (χ2v) is 6.96. The van der Waals surface area contributed by atoms with Crippen LogP contribution in [-0.2, 0) is 7.05 Å². The third kappa shape index (κ3) is 3.02. The van der Waals surface area contributed by atoms with Gasteiger partial charge in [0.05, 0.1) is 12.2 Å². The molecule has 1 aliphatic carbocycles. The molecular formula is C17H30N4. The molecule has 0 spiro atoms. The molecular weight excluding hydrogens is 260 g/mol. The third-order valence-electron chi connectivity index (χ3n) is 5.59. The Labute approximate surface area is 128 Å². The van der Waals surface area contributed by atoms with Gasteiger partial charge in [0.2, 0.25) is 0 Å². The second kappa shape index (κ2) is 6.49. The van der Waals surface area contributed by atoms with Gasteiger partial charge in [0.1, 0.15) is 0 Å². The first-order chi connectivity index (χ1) is 10.2. The molecule has 118 valence electrons. The van der Waals surface area contributed by atoms with E-state index in [0.29, 0.717) is 6.04 Å². The van der Waals surface area contributed by atoms with Gasteiger partial charge in [-0.15, -0.1) is 0 Å². The summed E-state index contributed by atoms with van der Waals surface area (Å²) in [6.07, 6.45) is 13.6. The number of rotatable bonds is 5. The molecule has 3 unspecified atom stereocenters. The zero-order valence-corrected chi connectivity index (χ0v) is 13.5. The van der Waals surface area contributed by atoms with Crippen LogP contribution in [0.5, 0.6) is 0 Å². The van der Waals surface area contributed by atoms with Crippen molar-refractivity contribution in [2.45, 2.75) is 70.0 Å². The highest BCUT2D eigenvalue weighted by molar-refractivity contribution is 5.15. The predicted octanol–water partition coefficient (Wildman–Crippen LogP) is 2.85. The topological polar surface area (TPSA) is 47.1 Å². The maximum Gasteiger partial charge on any atom is 0.0538 e. The molecule has 1 aromatic rings. The van der Waals surface area contributed by atoms with Crippen molar-refractivity contribution in [1.82, 2.24) is 14.7 Å². The summed E-state index contributed by atoms with van der Waals surface area (Å²) in [5, 5.41) is 4.38. The smallest absolute Gasteiger partial charge is 0.0538 e. The highest BCUT2D eigenvalue weighted by Crippen LogP contribution is 2.40. The van der Waals surface area contributed by atoms with E-state index < -0.39 is 0 Å². The van der Waals surface area contributed by atoms with Crippen LogP contribution in [0.3, 0.4) is 0 Å². The van der Waals surface area contributed by atoms with Crippen molar-refractivity contribution in [3.63, 3.8) is 0 Å². The van der Waals surface area contributed by atoms with Crippen molar-refractivity contribution in [2.24, 2.45) is 18.7 Å². The molecule has 0 aromatic carbocycles. The van der Waals surface area contributed by atoms with Crippen LogP contribution in [0, 0.1) is 5.92 Å². The summed E-state index contributed by atoms with van der Waals surface area (Å²) in [4.78, 5) is 2.72. The van der Waals surface area contributed by atoms with E-state index >= 15 is 0 Å². The minimum Gasteiger partial charge on any atom is -0.326 e. The monoisotopic (exact) mass is 290 g/mol. The van der Waals surface area contributed by atoms with Gasteiger partial charge in [-0.3, -0.25) is 9.58 Å². The van der Waals surface area contributed by atoms with Gasteiger partial charge >= 0.3 is 0 Å². The van der Waals surface area contributed by atoms with Crippen molar-refractivity contribution >= 4 is 0 Å². The van der Waals surface area contributed by atoms with E-state index in [0.717, 1.165) is 18.4 Å². The van der Waals surface area contributed by atoms with Gasteiger partial charge in [0.15, 0.2) is 0 Å². The van der Waals surface area contributed by atoms with Crippen molar-refractivity contribution in [3.8, 4) is 0 Å². The molecule has 1 saturated carbocycles. The first-order valence-corrected chi connectivity index (χ1v) is 8.70. The maximum atomic E-state index is 6.52. The average Bonchev–Trinajstić information content (AvgIpc) is 3.19. The summed E-state index contributed by atoms with van der Waals surface area (Å²) < 4.78 is 1.91. The Hall–Kier alpha value is -0.870. The Morgan fingerprint density at radius 2 is 2.05 bits per heavy atom. The van der Waals surface area contributed by atoms with Gasteiger partial charge in [-0.2, -0.15) is 5.10 Å². The van der Waals surface area contributed by atoms with E-state index in [2.05, 4.69) is 23.1 Å². The lowest BCUT2D eigenvalue weighted by Crippen LogP contribution is -2.45.